The highest BCUT2D eigenvalue weighted by atomic mass is 19.4. The molecular weight excluding hydrogens is 313 g/mol. The van der Waals surface area contributed by atoms with Gasteiger partial charge >= 0.3 is 6.18 Å². The van der Waals surface area contributed by atoms with Crippen LogP contribution >= 0.6 is 0 Å². The highest BCUT2D eigenvalue weighted by Gasteiger charge is 2.51. The van der Waals surface area contributed by atoms with Gasteiger partial charge in [-0.25, -0.2) is 0 Å². The van der Waals surface area contributed by atoms with E-state index >= 15 is 0 Å². The first kappa shape index (κ1) is 16.0. The van der Waals surface area contributed by atoms with Crippen molar-refractivity contribution in [2.45, 2.75) is 56.3 Å². The van der Waals surface area contributed by atoms with Crippen LogP contribution in [0.3, 0.4) is 0 Å². The molecule has 5 rings (SSSR count). The minimum absolute atomic E-state index is 0.0586. The van der Waals surface area contributed by atoms with Crippen molar-refractivity contribution in [2.75, 3.05) is 0 Å². The summed E-state index contributed by atoms with van der Waals surface area (Å²) in [6.45, 7) is 0. The van der Waals surface area contributed by atoms with Gasteiger partial charge in [0.05, 0.1) is 11.6 Å². The Morgan fingerprint density at radius 1 is 1.04 bits per heavy atom. The quantitative estimate of drug-likeness (QED) is 0.859. The van der Waals surface area contributed by atoms with Crippen molar-refractivity contribution in [1.82, 2.24) is 5.32 Å². The Balaban J connectivity index is 1.63. The smallest absolute Gasteiger partial charge is 0.293 e. The fourth-order valence-electron chi connectivity index (χ4n) is 5.78. The average molecular weight is 334 g/mol. The molecule has 2 nitrogen and oxygen atoms in total. The molecule has 4 fully saturated rings. The van der Waals surface area contributed by atoms with Gasteiger partial charge in [0.1, 0.15) is 6.04 Å². The molecule has 4 aliphatic rings. The van der Waals surface area contributed by atoms with E-state index in [1.165, 1.54) is 31.4 Å². The van der Waals surface area contributed by atoms with E-state index in [2.05, 4.69) is 11.4 Å². The van der Waals surface area contributed by atoms with Gasteiger partial charge in [0.15, 0.2) is 0 Å². The van der Waals surface area contributed by atoms with Crippen LogP contribution in [0.15, 0.2) is 24.3 Å². The molecule has 0 spiro atoms. The summed E-state index contributed by atoms with van der Waals surface area (Å²) in [5, 5.41) is 13.0. The Kier molecular flexibility index (Phi) is 3.65. The molecule has 1 aromatic rings. The third-order valence-electron chi connectivity index (χ3n) is 6.20. The standard InChI is InChI=1S/C19H21F3N2/c20-19(21,22)16-4-2-1-3-15(16)17(11-23)24-18-8-12-5-13(9-18)7-14(6-12)10-18/h1-4,12-14,17,24H,5-10H2. The summed E-state index contributed by atoms with van der Waals surface area (Å²) < 4.78 is 39.9. The molecule has 0 amide bonds. The van der Waals surface area contributed by atoms with Gasteiger partial charge in [-0.3, -0.25) is 5.32 Å². The van der Waals surface area contributed by atoms with Crippen molar-refractivity contribution in [1.29, 1.82) is 5.26 Å². The molecule has 1 unspecified atom stereocenters. The Morgan fingerprint density at radius 3 is 2.08 bits per heavy atom. The van der Waals surface area contributed by atoms with Crippen LogP contribution in [0.2, 0.25) is 0 Å². The average Bonchev–Trinajstić information content (AvgIpc) is 2.50. The third-order valence-corrected chi connectivity index (χ3v) is 6.20. The van der Waals surface area contributed by atoms with Crippen molar-refractivity contribution >= 4 is 0 Å². The lowest BCUT2D eigenvalue weighted by atomic mass is 9.53. The number of rotatable bonds is 3. The molecule has 1 atom stereocenters. The third kappa shape index (κ3) is 2.71. The Morgan fingerprint density at radius 2 is 1.58 bits per heavy atom. The van der Waals surface area contributed by atoms with Crippen LogP contribution in [-0.2, 0) is 6.18 Å². The Bertz CT molecular complexity index is 639. The van der Waals surface area contributed by atoms with E-state index in [1.54, 1.807) is 6.07 Å². The topological polar surface area (TPSA) is 35.8 Å². The molecule has 128 valence electrons. The first-order valence-electron chi connectivity index (χ1n) is 8.72. The number of halogens is 3. The van der Waals surface area contributed by atoms with Crippen LogP contribution in [0.25, 0.3) is 0 Å². The normalized spacial score (nSPS) is 35.7. The maximum atomic E-state index is 13.3. The largest absolute Gasteiger partial charge is 0.416 e. The van der Waals surface area contributed by atoms with Gasteiger partial charge in [0.25, 0.3) is 0 Å². The van der Waals surface area contributed by atoms with E-state index < -0.39 is 17.8 Å². The maximum absolute atomic E-state index is 13.3. The second-order valence-corrected chi connectivity index (χ2v) is 7.99. The molecule has 0 saturated heterocycles. The zero-order valence-corrected chi connectivity index (χ0v) is 13.4. The van der Waals surface area contributed by atoms with E-state index in [9.17, 15) is 18.4 Å². The molecule has 0 radical (unpaired) electrons. The predicted molar refractivity (Wildman–Crippen MR) is 83.8 cm³/mol. The van der Waals surface area contributed by atoms with Crippen LogP contribution < -0.4 is 5.32 Å². The van der Waals surface area contributed by atoms with Gasteiger partial charge in [0, 0.05) is 5.54 Å². The minimum atomic E-state index is -4.44. The summed E-state index contributed by atoms with van der Waals surface area (Å²) in [4.78, 5) is 0. The first-order valence-corrected chi connectivity index (χ1v) is 8.72. The predicted octanol–water partition coefficient (Wildman–Crippen LogP) is 4.83. The van der Waals surface area contributed by atoms with Gasteiger partial charge in [-0.1, -0.05) is 18.2 Å². The van der Waals surface area contributed by atoms with Crippen molar-refractivity contribution < 1.29 is 13.2 Å². The molecule has 0 aliphatic heterocycles. The van der Waals surface area contributed by atoms with Gasteiger partial charge < -0.3 is 0 Å². The molecular formula is C19H21F3N2. The molecule has 0 aromatic heterocycles. The number of nitrogens with zero attached hydrogens (tertiary/aromatic N) is 1. The highest BCUT2D eigenvalue weighted by molar-refractivity contribution is 5.36. The Labute approximate surface area is 140 Å². The maximum Gasteiger partial charge on any atom is 0.416 e. The number of nitrogens with one attached hydrogen (secondary N) is 1. The lowest BCUT2D eigenvalue weighted by molar-refractivity contribution is -0.138. The van der Waals surface area contributed by atoms with Crippen molar-refractivity contribution in [3.63, 3.8) is 0 Å². The van der Waals surface area contributed by atoms with E-state index in [1.807, 2.05) is 0 Å². The number of alkyl halides is 3. The van der Waals surface area contributed by atoms with E-state index in [4.69, 9.17) is 0 Å². The second-order valence-electron chi connectivity index (χ2n) is 7.99. The molecule has 24 heavy (non-hydrogen) atoms. The van der Waals surface area contributed by atoms with Crippen LogP contribution in [0.1, 0.15) is 55.7 Å². The number of hydrogen-bond donors (Lipinski definition) is 1. The summed E-state index contributed by atoms with van der Waals surface area (Å²) in [7, 11) is 0. The van der Waals surface area contributed by atoms with Crippen LogP contribution in [0.5, 0.6) is 0 Å². The van der Waals surface area contributed by atoms with Crippen molar-refractivity contribution in [2.24, 2.45) is 17.8 Å². The number of hydrogen-bond acceptors (Lipinski definition) is 2. The van der Waals surface area contributed by atoms with E-state index in [0.717, 1.165) is 25.3 Å². The molecule has 0 heterocycles. The highest BCUT2D eigenvalue weighted by Crippen LogP contribution is 2.56. The SMILES string of the molecule is N#CC(NC12CC3CC(CC(C3)C1)C2)c1ccccc1C(F)(F)F. The van der Waals surface area contributed by atoms with Crippen LogP contribution in [0, 0.1) is 29.1 Å². The zero-order chi connectivity index (χ0) is 16.9. The fourth-order valence-corrected chi connectivity index (χ4v) is 5.78. The van der Waals surface area contributed by atoms with Crippen molar-refractivity contribution in [3.05, 3.63) is 35.4 Å². The fraction of sp³-hybridized carbons (Fsp3) is 0.632. The number of nitriles is 1. The Hall–Kier alpha value is -1.54. The molecule has 5 heteroatoms. The van der Waals surface area contributed by atoms with Crippen LogP contribution in [-0.4, -0.2) is 5.54 Å². The van der Waals surface area contributed by atoms with Gasteiger partial charge in [-0.05, 0) is 67.9 Å². The summed E-state index contributed by atoms with van der Waals surface area (Å²) in [5.41, 5.74) is -0.787. The lowest BCUT2D eigenvalue weighted by Gasteiger charge is -2.57. The molecule has 1 N–H and O–H groups in total. The summed E-state index contributed by atoms with van der Waals surface area (Å²) in [6, 6.07) is 6.66. The second kappa shape index (κ2) is 5.49. The minimum Gasteiger partial charge on any atom is -0.293 e. The van der Waals surface area contributed by atoms with E-state index in [-0.39, 0.29) is 11.1 Å². The first-order chi connectivity index (χ1) is 11.4. The summed E-state index contributed by atoms with van der Waals surface area (Å²) in [5.74, 6) is 2.04. The molecule has 1 aromatic carbocycles. The van der Waals surface area contributed by atoms with Gasteiger partial charge in [-0.2, -0.15) is 18.4 Å². The molecule has 4 bridgehead atoms. The van der Waals surface area contributed by atoms with Gasteiger partial charge in [-0.15, -0.1) is 0 Å². The monoisotopic (exact) mass is 334 g/mol. The molecule has 4 saturated carbocycles. The number of benzene rings is 1. The molecule has 4 aliphatic carbocycles. The van der Waals surface area contributed by atoms with E-state index in [0.29, 0.717) is 17.8 Å². The van der Waals surface area contributed by atoms with Crippen LogP contribution in [0.4, 0.5) is 13.2 Å². The lowest BCUT2D eigenvalue weighted by Crippen LogP contribution is -2.59. The van der Waals surface area contributed by atoms with Gasteiger partial charge in [0.2, 0.25) is 0 Å². The summed E-state index contributed by atoms with van der Waals surface area (Å²) >= 11 is 0. The summed E-state index contributed by atoms with van der Waals surface area (Å²) in [6.07, 6.45) is 2.36. The van der Waals surface area contributed by atoms with Crippen molar-refractivity contribution in [3.8, 4) is 6.07 Å². The zero-order valence-electron chi connectivity index (χ0n) is 13.4.